The highest BCUT2D eigenvalue weighted by molar-refractivity contribution is 5.85. The Labute approximate surface area is 116 Å². The van der Waals surface area contributed by atoms with Crippen LogP contribution in [0.4, 0.5) is 0 Å². The van der Waals surface area contributed by atoms with E-state index >= 15 is 0 Å². The fourth-order valence-corrected chi connectivity index (χ4v) is 1.78. The normalized spacial score (nSPS) is 18.4. The van der Waals surface area contributed by atoms with Gasteiger partial charge in [-0.25, -0.2) is 9.48 Å². The Morgan fingerprint density at radius 3 is 3.00 bits per heavy atom. The summed E-state index contributed by atoms with van der Waals surface area (Å²) in [5.74, 6) is -1.00. The summed E-state index contributed by atoms with van der Waals surface area (Å²) >= 11 is 0. The molecule has 0 radical (unpaired) electrons. The molecule has 1 aromatic heterocycles. The van der Waals surface area contributed by atoms with Gasteiger partial charge in [0.15, 0.2) is 6.10 Å². The van der Waals surface area contributed by atoms with Crippen LogP contribution in [0.1, 0.15) is 32.9 Å². The van der Waals surface area contributed by atoms with Gasteiger partial charge >= 0.3 is 5.97 Å². The quantitative estimate of drug-likeness (QED) is 0.829. The minimum atomic E-state index is -1.00. The summed E-state index contributed by atoms with van der Waals surface area (Å²) in [5.41, 5.74) is 1.21. The Kier molecular flexibility index (Phi) is 4.03. The molecule has 0 bridgehead atoms. The Balaban J connectivity index is 1.85. The number of aliphatic carboxylic acids is 1. The summed E-state index contributed by atoms with van der Waals surface area (Å²) in [6, 6.07) is 0. The summed E-state index contributed by atoms with van der Waals surface area (Å²) in [6.07, 6.45) is 1.59. The molecule has 0 saturated carbocycles. The fraction of sp³-hybridized carbons (Fsp3) is 0.667. The van der Waals surface area contributed by atoms with Crippen LogP contribution in [0.5, 0.6) is 0 Å². The van der Waals surface area contributed by atoms with E-state index in [9.17, 15) is 4.79 Å². The SMILES string of the molecule is C[C@@H](OCc1cn(CC2=NOC(C)(C)C2)nn1)C(=O)O. The van der Waals surface area contributed by atoms with E-state index < -0.39 is 12.1 Å². The predicted octanol–water partition coefficient (Wildman–Crippen LogP) is 0.823. The highest BCUT2D eigenvalue weighted by Crippen LogP contribution is 2.22. The number of carboxylic acid groups (broad SMARTS) is 1. The van der Waals surface area contributed by atoms with Crippen molar-refractivity contribution in [2.75, 3.05) is 0 Å². The molecule has 0 unspecified atom stereocenters. The highest BCUT2D eigenvalue weighted by Gasteiger charge is 2.28. The van der Waals surface area contributed by atoms with E-state index in [1.54, 1.807) is 10.9 Å². The maximum Gasteiger partial charge on any atom is 0.332 e. The average molecular weight is 282 g/mol. The van der Waals surface area contributed by atoms with Gasteiger partial charge in [-0.15, -0.1) is 5.10 Å². The van der Waals surface area contributed by atoms with E-state index in [0.717, 1.165) is 12.1 Å². The van der Waals surface area contributed by atoms with Gasteiger partial charge in [-0.05, 0) is 20.8 Å². The summed E-state index contributed by atoms with van der Waals surface area (Å²) < 4.78 is 6.77. The summed E-state index contributed by atoms with van der Waals surface area (Å²) in [6.45, 7) is 6.03. The lowest BCUT2D eigenvalue weighted by atomic mass is 10.0. The molecular formula is C12H18N4O4. The Morgan fingerprint density at radius 2 is 2.40 bits per heavy atom. The lowest BCUT2D eigenvalue weighted by Gasteiger charge is -2.13. The maximum atomic E-state index is 10.6. The van der Waals surface area contributed by atoms with Gasteiger partial charge in [-0.3, -0.25) is 0 Å². The van der Waals surface area contributed by atoms with Gasteiger partial charge < -0.3 is 14.7 Å². The number of nitrogens with zero attached hydrogens (tertiary/aromatic N) is 4. The molecule has 0 fully saturated rings. The molecule has 2 rings (SSSR count). The van der Waals surface area contributed by atoms with Crippen LogP contribution in [0.2, 0.25) is 0 Å². The molecule has 0 spiro atoms. The van der Waals surface area contributed by atoms with E-state index in [1.807, 2.05) is 13.8 Å². The zero-order chi connectivity index (χ0) is 14.8. The number of carbonyl (C=O) groups is 1. The monoisotopic (exact) mass is 282 g/mol. The first-order chi connectivity index (χ1) is 9.35. The van der Waals surface area contributed by atoms with Gasteiger partial charge in [0.1, 0.15) is 11.3 Å². The molecule has 0 amide bonds. The molecule has 1 N–H and O–H groups in total. The zero-order valence-electron chi connectivity index (χ0n) is 11.7. The first-order valence-electron chi connectivity index (χ1n) is 6.33. The number of hydrogen-bond donors (Lipinski definition) is 1. The van der Waals surface area contributed by atoms with E-state index in [0.29, 0.717) is 12.2 Å². The summed E-state index contributed by atoms with van der Waals surface area (Å²) in [4.78, 5) is 15.9. The first kappa shape index (κ1) is 14.4. The second kappa shape index (κ2) is 5.58. The van der Waals surface area contributed by atoms with Crippen molar-refractivity contribution >= 4 is 11.7 Å². The van der Waals surface area contributed by atoms with Crippen LogP contribution >= 0.6 is 0 Å². The van der Waals surface area contributed by atoms with E-state index in [4.69, 9.17) is 14.7 Å². The van der Waals surface area contributed by atoms with Crippen molar-refractivity contribution in [1.82, 2.24) is 15.0 Å². The summed E-state index contributed by atoms with van der Waals surface area (Å²) in [7, 11) is 0. The molecule has 20 heavy (non-hydrogen) atoms. The summed E-state index contributed by atoms with van der Waals surface area (Å²) in [5, 5.41) is 20.6. The number of aromatic nitrogens is 3. The molecule has 1 aliphatic rings. The molecule has 8 heteroatoms. The third kappa shape index (κ3) is 3.77. The first-order valence-corrected chi connectivity index (χ1v) is 6.33. The third-order valence-corrected chi connectivity index (χ3v) is 2.81. The van der Waals surface area contributed by atoms with Crippen molar-refractivity contribution in [2.45, 2.75) is 52.0 Å². The average Bonchev–Trinajstić information content (AvgIpc) is 2.93. The smallest absolute Gasteiger partial charge is 0.332 e. The van der Waals surface area contributed by atoms with Crippen LogP contribution in [0.25, 0.3) is 0 Å². The third-order valence-electron chi connectivity index (χ3n) is 2.81. The Hall–Kier alpha value is -1.96. The van der Waals surface area contributed by atoms with Crippen LogP contribution in [-0.4, -0.2) is 43.5 Å². The molecular weight excluding hydrogens is 264 g/mol. The lowest BCUT2D eigenvalue weighted by molar-refractivity contribution is -0.149. The number of ether oxygens (including phenoxy) is 1. The molecule has 110 valence electrons. The standard InChI is InChI=1S/C12H18N4O4/c1-8(11(17)18)19-7-10-6-16(15-13-10)5-9-4-12(2,3)20-14-9/h6,8H,4-5,7H2,1-3H3,(H,17,18)/t8-/m1/s1. The van der Waals surface area contributed by atoms with E-state index in [2.05, 4.69) is 15.5 Å². The topological polar surface area (TPSA) is 98.8 Å². The Bertz CT molecular complexity index is 523. The van der Waals surface area contributed by atoms with E-state index in [-0.39, 0.29) is 12.2 Å². The number of carboxylic acids is 1. The molecule has 0 saturated heterocycles. The molecule has 2 heterocycles. The molecule has 1 aromatic rings. The maximum absolute atomic E-state index is 10.6. The minimum Gasteiger partial charge on any atom is -0.479 e. The largest absolute Gasteiger partial charge is 0.479 e. The van der Waals surface area contributed by atoms with Gasteiger partial charge in [0.05, 0.1) is 25.1 Å². The van der Waals surface area contributed by atoms with Gasteiger partial charge in [0.25, 0.3) is 0 Å². The second-order valence-electron chi connectivity index (χ2n) is 5.38. The van der Waals surface area contributed by atoms with Crippen molar-refractivity contribution in [1.29, 1.82) is 0 Å². The zero-order valence-corrected chi connectivity index (χ0v) is 11.7. The van der Waals surface area contributed by atoms with Crippen LogP contribution in [0.15, 0.2) is 11.4 Å². The minimum absolute atomic E-state index is 0.113. The fourth-order valence-electron chi connectivity index (χ4n) is 1.78. The van der Waals surface area contributed by atoms with Crippen molar-refractivity contribution < 1.29 is 19.5 Å². The predicted molar refractivity (Wildman–Crippen MR) is 69.1 cm³/mol. The molecule has 0 aromatic carbocycles. The Morgan fingerprint density at radius 1 is 1.65 bits per heavy atom. The van der Waals surface area contributed by atoms with Crippen molar-refractivity contribution in [3.05, 3.63) is 11.9 Å². The van der Waals surface area contributed by atoms with Crippen molar-refractivity contribution in [3.63, 3.8) is 0 Å². The van der Waals surface area contributed by atoms with Crippen molar-refractivity contribution in [2.24, 2.45) is 5.16 Å². The van der Waals surface area contributed by atoms with Crippen molar-refractivity contribution in [3.8, 4) is 0 Å². The van der Waals surface area contributed by atoms with Gasteiger partial charge in [0.2, 0.25) is 0 Å². The van der Waals surface area contributed by atoms with Gasteiger partial charge in [-0.1, -0.05) is 10.4 Å². The number of hydrogen-bond acceptors (Lipinski definition) is 6. The van der Waals surface area contributed by atoms with E-state index in [1.165, 1.54) is 6.92 Å². The van der Waals surface area contributed by atoms with Crippen LogP contribution in [0, 0.1) is 0 Å². The highest BCUT2D eigenvalue weighted by atomic mass is 16.7. The number of rotatable bonds is 6. The van der Waals surface area contributed by atoms with Crippen LogP contribution < -0.4 is 0 Å². The van der Waals surface area contributed by atoms with Crippen LogP contribution in [0.3, 0.4) is 0 Å². The molecule has 1 atom stereocenters. The second-order valence-corrected chi connectivity index (χ2v) is 5.38. The van der Waals surface area contributed by atoms with Gasteiger partial charge in [0, 0.05) is 6.42 Å². The lowest BCUT2D eigenvalue weighted by Crippen LogP contribution is -2.20. The molecule has 0 aliphatic carbocycles. The van der Waals surface area contributed by atoms with Crippen LogP contribution in [-0.2, 0) is 27.5 Å². The molecule has 1 aliphatic heterocycles. The molecule has 8 nitrogen and oxygen atoms in total. The van der Waals surface area contributed by atoms with Gasteiger partial charge in [-0.2, -0.15) is 0 Å². The number of oxime groups is 1.